The van der Waals surface area contributed by atoms with Crippen molar-refractivity contribution in [3.63, 3.8) is 0 Å². The summed E-state index contributed by atoms with van der Waals surface area (Å²) in [7, 11) is 0. The third kappa shape index (κ3) is 23.4. The van der Waals surface area contributed by atoms with E-state index in [1.165, 1.54) is 154 Å². The molecule has 0 radical (unpaired) electrons. The number of nitrogens with one attached hydrogen (secondary N) is 1. The third-order valence-corrected chi connectivity index (χ3v) is 11.1. The monoisotopic (exact) mass is 777 g/mol. The average Bonchev–Trinajstić information content (AvgIpc) is 3.47. The van der Waals surface area contributed by atoms with Crippen LogP contribution in [0, 0.1) is 0 Å². The van der Waals surface area contributed by atoms with Crippen molar-refractivity contribution in [2.45, 2.75) is 244 Å². The van der Waals surface area contributed by atoms with Crippen molar-refractivity contribution in [2.24, 2.45) is 0 Å². The molecule has 1 aromatic rings. The molecular weight excluding hydrogens is 697 g/mol. The number of carbonyl (C=O) groups excluding carboxylic acids is 2. The fourth-order valence-electron chi connectivity index (χ4n) is 7.57. The third-order valence-electron chi connectivity index (χ3n) is 11.1. The minimum atomic E-state index is -1.33. The highest BCUT2D eigenvalue weighted by molar-refractivity contribution is 5.70. The Labute approximate surface area is 333 Å². The SMILES string of the molecule is CCCCCCCCCCCCCCCCCC(=O)OC[C@H]1O[C@@H](n2ccc(=O)[nH]c2=O)[C@H](OC(=O)CCCCCCCCCCCCCCCCC)[C@@H]1O. The molecule has 0 amide bonds. The summed E-state index contributed by atoms with van der Waals surface area (Å²) < 4.78 is 18.2. The van der Waals surface area contributed by atoms with E-state index in [1.54, 1.807) is 0 Å². The zero-order valence-corrected chi connectivity index (χ0v) is 35.1. The highest BCUT2D eigenvalue weighted by Crippen LogP contribution is 2.32. The summed E-state index contributed by atoms with van der Waals surface area (Å²) in [4.78, 5) is 51.9. The van der Waals surface area contributed by atoms with Crippen LogP contribution in [-0.4, -0.2) is 51.5 Å². The standard InChI is InChI=1S/C45H80N2O8/c1-3-5-7-9-11-13-15-17-19-21-23-25-27-29-31-33-40(49)53-37-38-42(51)43(44(54-38)47-36-35-39(48)46-45(47)52)55-41(50)34-32-30-28-26-24-22-20-18-16-14-12-10-8-6-4-2/h35-36,38,42-44,51H,3-34,37H2,1-2H3,(H,46,48,52)/t38-,42-,43-,44-/m1/s1. The number of hydrogen-bond donors (Lipinski definition) is 2. The number of rotatable bonds is 36. The molecule has 0 aliphatic carbocycles. The van der Waals surface area contributed by atoms with Gasteiger partial charge in [0.1, 0.15) is 18.8 Å². The number of carbonyl (C=O) groups is 2. The highest BCUT2D eigenvalue weighted by Gasteiger charge is 2.48. The lowest BCUT2D eigenvalue weighted by Gasteiger charge is -2.22. The number of aliphatic hydroxyl groups is 1. The number of aliphatic hydroxyl groups excluding tert-OH is 1. The van der Waals surface area contributed by atoms with Crippen LogP contribution in [0.3, 0.4) is 0 Å². The van der Waals surface area contributed by atoms with E-state index in [2.05, 4.69) is 18.8 Å². The Kier molecular flexibility index (Phi) is 28.9. The van der Waals surface area contributed by atoms with Crippen LogP contribution in [0.4, 0.5) is 0 Å². The van der Waals surface area contributed by atoms with Gasteiger partial charge >= 0.3 is 17.6 Å². The van der Waals surface area contributed by atoms with Crippen molar-refractivity contribution in [1.29, 1.82) is 0 Å². The number of esters is 2. The van der Waals surface area contributed by atoms with Gasteiger partial charge in [-0.15, -0.1) is 0 Å². The van der Waals surface area contributed by atoms with Gasteiger partial charge in [-0.3, -0.25) is 23.9 Å². The smallest absolute Gasteiger partial charge is 0.330 e. The molecular formula is C45H80N2O8. The summed E-state index contributed by atoms with van der Waals surface area (Å²) in [5.74, 6) is -0.868. The first-order chi connectivity index (χ1) is 26.9. The van der Waals surface area contributed by atoms with Crippen LogP contribution >= 0.6 is 0 Å². The predicted octanol–water partition coefficient (Wildman–Crippen LogP) is 10.8. The molecule has 2 heterocycles. The fraction of sp³-hybridized carbons (Fsp3) is 0.867. The van der Waals surface area contributed by atoms with E-state index < -0.39 is 41.8 Å². The van der Waals surface area contributed by atoms with Crippen LogP contribution in [0.15, 0.2) is 21.9 Å². The van der Waals surface area contributed by atoms with Gasteiger partial charge in [0.2, 0.25) is 0 Å². The first-order valence-electron chi connectivity index (χ1n) is 22.9. The number of aromatic nitrogens is 2. The van der Waals surface area contributed by atoms with Gasteiger partial charge in [0, 0.05) is 25.1 Å². The number of unbranched alkanes of at least 4 members (excludes halogenated alkanes) is 28. The lowest BCUT2D eigenvalue weighted by atomic mass is 10.0. The van der Waals surface area contributed by atoms with Gasteiger partial charge in [0.05, 0.1) is 0 Å². The molecule has 0 spiro atoms. The molecule has 4 atom stereocenters. The van der Waals surface area contributed by atoms with Crippen molar-refractivity contribution < 1.29 is 28.9 Å². The first kappa shape index (κ1) is 48.7. The van der Waals surface area contributed by atoms with Crippen molar-refractivity contribution in [2.75, 3.05) is 6.61 Å². The molecule has 10 heteroatoms. The molecule has 1 fully saturated rings. The summed E-state index contributed by atoms with van der Waals surface area (Å²) in [6.45, 7) is 4.28. The molecule has 0 saturated carbocycles. The van der Waals surface area contributed by atoms with Gasteiger partial charge in [-0.1, -0.05) is 194 Å². The molecule has 55 heavy (non-hydrogen) atoms. The van der Waals surface area contributed by atoms with Gasteiger partial charge in [0.15, 0.2) is 12.3 Å². The largest absolute Gasteiger partial charge is 0.463 e. The van der Waals surface area contributed by atoms with E-state index in [1.807, 2.05) is 0 Å². The second kappa shape index (κ2) is 32.6. The number of aromatic amines is 1. The lowest BCUT2D eigenvalue weighted by molar-refractivity contribution is -0.159. The van der Waals surface area contributed by atoms with Gasteiger partial charge in [-0.25, -0.2) is 4.79 Å². The molecule has 1 aromatic heterocycles. The number of H-pyrrole nitrogens is 1. The molecule has 0 aromatic carbocycles. The van der Waals surface area contributed by atoms with Crippen molar-refractivity contribution in [1.82, 2.24) is 9.55 Å². The van der Waals surface area contributed by atoms with Crippen LogP contribution in [0.25, 0.3) is 0 Å². The minimum absolute atomic E-state index is 0.188. The maximum absolute atomic E-state index is 12.9. The Hall–Kier alpha value is -2.46. The van der Waals surface area contributed by atoms with E-state index in [-0.39, 0.29) is 25.4 Å². The van der Waals surface area contributed by atoms with E-state index in [0.717, 1.165) is 49.2 Å². The summed E-state index contributed by atoms with van der Waals surface area (Å²) in [5.41, 5.74) is -1.33. The topological polar surface area (TPSA) is 137 Å². The molecule has 2 N–H and O–H groups in total. The normalized spacial score (nSPS) is 18.2. The van der Waals surface area contributed by atoms with Crippen LogP contribution in [0.1, 0.15) is 226 Å². The van der Waals surface area contributed by atoms with Crippen molar-refractivity contribution >= 4 is 11.9 Å². The summed E-state index contributed by atoms with van der Waals surface area (Å²) >= 11 is 0. The van der Waals surface area contributed by atoms with E-state index in [0.29, 0.717) is 6.42 Å². The van der Waals surface area contributed by atoms with Crippen LogP contribution in [-0.2, 0) is 23.8 Å². The Morgan fingerprint density at radius 1 is 0.618 bits per heavy atom. The minimum Gasteiger partial charge on any atom is -0.463 e. The number of ether oxygens (including phenoxy) is 3. The van der Waals surface area contributed by atoms with Gasteiger partial charge < -0.3 is 19.3 Å². The van der Waals surface area contributed by atoms with E-state index in [4.69, 9.17) is 14.2 Å². The Balaban J connectivity index is 1.62. The van der Waals surface area contributed by atoms with Crippen molar-refractivity contribution in [3.05, 3.63) is 33.1 Å². The van der Waals surface area contributed by atoms with Crippen LogP contribution in [0.5, 0.6) is 0 Å². The molecule has 0 bridgehead atoms. The van der Waals surface area contributed by atoms with Crippen LogP contribution in [0.2, 0.25) is 0 Å². The molecule has 318 valence electrons. The second-order valence-corrected chi connectivity index (χ2v) is 16.1. The van der Waals surface area contributed by atoms with Crippen molar-refractivity contribution in [3.8, 4) is 0 Å². The number of nitrogens with zero attached hydrogens (tertiary/aromatic N) is 1. The Bertz CT molecular complexity index is 1220. The zero-order valence-electron chi connectivity index (χ0n) is 35.1. The first-order valence-corrected chi connectivity index (χ1v) is 22.9. The quantitative estimate of drug-likeness (QED) is 0.0508. The van der Waals surface area contributed by atoms with Gasteiger partial charge in [0.25, 0.3) is 5.56 Å². The van der Waals surface area contributed by atoms with Crippen LogP contribution < -0.4 is 11.2 Å². The molecule has 10 nitrogen and oxygen atoms in total. The molecule has 0 unspecified atom stereocenters. The molecule has 1 saturated heterocycles. The summed E-state index contributed by atoms with van der Waals surface area (Å²) in [6.07, 6.45) is 34.1. The van der Waals surface area contributed by atoms with E-state index >= 15 is 0 Å². The van der Waals surface area contributed by atoms with Gasteiger partial charge in [-0.05, 0) is 12.8 Å². The summed E-state index contributed by atoms with van der Waals surface area (Å²) in [5, 5.41) is 11.1. The molecule has 2 rings (SSSR count). The zero-order chi connectivity index (χ0) is 39.8. The Morgan fingerprint density at radius 2 is 1.00 bits per heavy atom. The lowest BCUT2D eigenvalue weighted by Crippen LogP contribution is -2.40. The number of hydrogen-bond acceptors (Lipinski definition) is 8. The summed E-state index contributed by atoms with van der Waals surface area (Å²) in [6, 6.07) is 1.16. The fourth-order valence-corrected chi connectivity index (χ4v) is 7.57. The average molecular weight is 777 g/mol. The highest BCUT2D eigenvalue weighted by atomic mass is 16.6. The molecule has 1 aliphatic heterocycles. The predicted molar refractivity (Wildman–Crippen MR) is 221 cm³/mol. The maximum Gasteiger partial charge on any atom is 0.330 e. The van der Waals surface area contributed by atoms with Gasteiger partial charge in [-0.2, -0.15) is 0 Å². The Morgan fingerprint density at radius 3 is 1.40 bits per heavy atom. The molecule has 1 aliphatic rings. The maximum atomic E-state index is 12.9. The second-order valence-electron chi connectivity index (χ2n) is 16.1. The van der Waals surface area contributed by atoms with E-state index in [9.17, 15) is 24.3 Å².